The predicted octanol–water partition coefficient (Wildman–Crippen LogP) is 2.47. The maximum Gasteiger partial charge on any atom is 0.243 e. The van der Waals surface area contributed by atoms with Crippen molar-refractivity contribution in [2.24, 2.45) is 0 Å². The lowest BCUT2D eigenvalue weighted by Crippen LogP contribution is -2.52. The molecule has 1 aliphatic heterocycles. The summed E-state index contributed by atoms with van der Waals surface area (Å²) in [6.07, 6.45) is 1.07. The van der Waals surface area contributed by atoms with Gasteiger partial charge in [0.2, 0.25) is 15.9 Å². The SMILES string of the molecule is COc1ccc(N(CC(=O)N2CCN(c3cccc(Cl)c3)CC2)S(C)(=O)=O)c(OC)c1. The molecule has 2 aromatic rings. The summed E-state index contributed by atoms with van der Waals surface area (Å²) in [6, 6.07) is 12.4. The third-order valence-electron chi connectivity index (χ3n) is 5.14. The summed E-state index contributed by atoms with van der Waals surface area (Å²) in [6.45, 7) is 1.94. The predicted molar refractivity (Wildman–Crippen MR) is 122 cm³/mol. The molecule has 0 aromatic heterocycles. The molecule has 0 aliphatic carbocycles. The molecule has 10 heteroatoms. The number of anilines is 2. The Morgan fingerprint density at radius 1 is 1.06 bits per heavy atom. The molecule has 0 spiro atoms. The molecule has 1 aliphatic rings. The van der Waals surface area contributed by atoms with Gasteiger partial charge in [0.25, 0.3) is 0 Å². The highest BCUT2D eigenvalue weighted by atomic mass is 35.5. The molecule has 0 unspecified atom stereocenters. The number of rotatable bonds is 7. The normalized spacial score (nSPS) is 14.3. The van der Waals surface area contributed by atoms with E-state index < -0.39 is 10.0 Å². The fourth-order valence-electron chi connectivity index (χ4n) is 3.48. The van der Waals surface area contributed by atoms with Crippen molar-refractivity contribution in [3.05, 3.63) is 47.5 Å². The van der Waals surface area contributed by atoms with Crippen molar-refractivity contribution in [1.29, 1.82) is 0 Å². The largest absolute Gasteiger partial charge is 0.497 e. The highest BCUT2D eigenvalue weighted by molar-refractivity contribution is 7.92. The number of piperazine rings is 1. The number of methoxy groups -OCH3 is 2. The average molecular weight is 468 g/mol. The van der Waals surface area contributed by atoms with Crippen LogP contribution in [0.5, 0.6) is 11.5 Å². The van der Waals surface area contributed by atoms with Crippen LogP contribution in [0, 0.1) is 0 Å². The van der Waals surface area contributed by atoms with Crippen molar-refractivity contribution in [2.75, 3.05) is 62.4 Å². The molecule has 0 atom stereocenters. The van der Waals surface area contributed by atoms with Crippen molar-refractivity contribution in [3.8, 4) is 11.5 Å². The van der Waals surface area contributed by atoms with E-state index >= 15 is 0 Å². The Morgan fingerprint density at radius 3 is 2.35 bits per heavy atom. The maximum atomic E-state index is 13.0. The van der Waals surface area contributed by atoms with Gasteiger partial charge in [-0.3, -0.25) is 9.10 Å². The Morgan fingerprint density at radius 2 is 1.77 bits per heavy atom. The molecule has 8 nitrogen and oxygen atoms in total. The quantitative estimate of drug-likeness (QED) is 0.622. The van der Waals surface area contributed by atoms with Crippen LogP contribution in [0.25, 0.3) is 0 Å². The van der Waals surface area contributed by atoms with Crippen molar-refractivity contribution in [2.45, 2.75) is 0 Å². The minimum absolute atomic E-state index is 0.269. The zero-order chi connectivity index (χ0) is 22.6. The van der Waals surface area contributed by atoms with Crippen LogP contribution in [0.15, 0.2) is 42.5 Å². The monoisotopic (exact) mass is 467 g/mol. The molecular formula is C21H26ClN3O5S. The van der Waals surface area contributed by atoms with Gasteiger partial charge in [0.1, 0.15) is 18.0 Å². The van der Waals surface area contributed by atoms with Gasteiger partial charge < -0.3 is 19.3 Å². The minimum atomic E-state index is -3.72. The lowest BCUT2D eigenvalue weighted by atomic mass is 10.2. The summed E-state index contributed by atoms with van der Waals surface area (Å²) in [4.78, 5) is 16.8. The third-order valence-corrected chi connectivity index (χ3v) is 6.50. The first-order valence-corrected chi connectivity index (χ1v) is 11.9. The number of carbonyl (C=O) groups is 1. The van der Waals surface area contributed by atoms with Crippen LogP contribution in [-0.2, 0) is 14.8 Å². The molecule has 0 saturated carbocycles. The highest BCUT2D eigenvalue weighted by Crippen LogP contribution is 2.33. The number of sulfonamides is 1. The van der Waals surface area contributed by atoms with E-state index in [-0.39, 0.29) is 18.1 Å². The van der Waals surface area contributed by atoms with Gasteiger partial charge >= 0.3 is 0 Å². The zero-order valence-electron chi connectivity index (χ0n) is 17.7. The molecule has 1 heterocycles. The number of halogens is 1. The summed E-state index contributed by atoms with van der Waals surface area (Å²) in [5.74, 6) is 0.565. The van der Waals surface area contributed by atoms with Crippen LogP contribution in [-0.4, -0.2) is 72.4 Å². The molecule has 1 fully saturated rings. The van der Waals surface area contributed by atoms with Gasteiger partial charge in [-0.05, 0) is 30.3 Å². The third kappa shape index (κ3) is 5.54. The van der Waals surface area contributed by atoms with E-state index in [2.05, 4.69) is 4.90 Å². The number of amides is 1. The van der Waals surface area contributed by atoms with Crippen molar-refractivity contribution in [3.63, 3.8) is 0 Å². The molecular weight excluding hydrogens is 442 g/mol. The van der Waals surface area contributed by atoms with Gasteiger partial charge in [-0.15, -0.1) is 0 Å². The first-order chi connectivity index (χ1) is 14.7. The molecule has 2 aromatic carbocycles. The van der Waals surface area contributed by atoms with Crippen molar-refractivity contribution in [1.82, 2.24) is 4.90 Å². The van der Waals surface area contributed by atoms with E-state index in [4.69, 9.17) is 21.1 Å². The molecule has 0 N–H and O–H groups in total. The van der Waals surface area contributed by atoms with Gasteiger partial charge in [-0.2, -0.15) is 0 Å². The van der Waals surface area contributed by atoms with Crippen molar-refractivity contribution >= 4 is 38.9 Å². The number of hydrogen-bond acceptors (Lipinski definition) is 6. The number of nitrogens with zero attached hydrogens (tertiary/aromatic N) is 3. The van der Waals surface area contributed by atoms with Crippen molar-refractivity contribution < 1.29 is 22.7 Å². The number of hydrogen-bond donors (Lipinski definition) is 0. The van der Waals surface area contributed by atoms with Crippen LogP contribution in [0.2, 0.25) is 5.02 Å². The van der Waals surface area contributed by atoms with E-state index in [1.165, 1.54) is 14.2 Å². The first kappa shape index (κ1) is 23.0. The number of ether oxygens (including phenoxy) is 2. The molecule has 0 radical (unpaired) electrons. The zero-order valence-corrected chi connectivity index (χ0v) is 19.3. The standard InChI is InChI=1S/C21H26ClN3O5S/c1-29-18-7-8-19(20(14-18)30-2)25(31(3,27)28)15-21(26)24-11-9-23(10-12-24)17-6-4-5-16(22)13-17/h4-8,13-14H,9-12,15H2,1-3H3. The molecule has 168 valence electrons. The van der Waals surface area contributed by atoms with Gasteiger partial charge in [-0.1, -0.05) is 17.7 Å². The van der Waals surface area contributed by atoms with Crippen LogP contribution in [0.4, 0.5) is 11.4 Å². The number of benzene rings is 2. The van der Waals surface area contributed by atoms with Gasteiger partial charge in [0.15, 0.2) is 0 Å². The first-order valence-electron chi connectivity index (χ1n) is 9.71. The van der Waals surface area contributed by atoms with E-state index in [0.717, 1.165) is 16.2 Å². The molecule has 0 bridgehead atoms. The lowest BCUT2D eigenvalue weighted by Gasteiger charge is -2.37. The smallest absolute Gasteiger partial charge is 0.243 e. The summed E-state index contributed by atoms with van der Waals surface area (Å²) in [5, 5.41) is 0.660. The molecule has 3 rings (SSSR count). The Hall–Kier alpha value is -2.65. The second-order valence-electron chi connectivity index (χ2n) is 7.16. The van der Waals surface area contributed by atoms with E-state index in [9.17, 15) is 13.2 Å². The second kappa shape index (κ2) is 9.65. The Bertz CT molecular complexity index is 1040. The van der Waals surface area contributed by atoms with Gasteiger partial charge in [0, 0.05) is 43.0 Å². The summed E-state index contributed by atoms with van der Waals surface area (Å²) in [7, 11) is -0.773. The van der Waals surface area contributed by atoms with Gasteiger partial charge in [0.05, 0.1) is 26.2 Å². The lowest BCUT2D eigenvalue weighted by molar-refractivity contribution is -0.129. The average Bonchev–Trinajstić information content (AvgIpc) is 2.76. The second-order valence-corrected chi connectivity index (χ2v) is 9.50. The number of carbonyl (C=O) groups excluding carboxylic acids is 1. The molecule has 31 heavy (non-hydrogen) atoms. The topological polar surface area (TPSA) is 79.4 Å². The summed E-state index contributed by atoms with van der Waals surface area (Å²) < 4.78 is 36.6. The van der Waals surface area contributed by atoms with E-state index in [0.29, 0.717) is 42.7 Å². The van der Waals surface area contributed by atoms with E-state index in [1.807, 2.05) is 24.3 Å². The van der Waals surface area contributed by atoms with Crippen LogP contribution in [0.1, 0.15) is 0 Å². The van der Waals surface area contributed by atoms with E-state index in [1.54, 1.807) is 23.1 Å². The van der Waals surface area contributed by atoms with Crippen LogP contribution in [0.3, 0.4) is 0 Å². The van der Waals surface area contributed by atoms with Gasteiger partial charge in [-0.25, -0.2) is 8.42 Å². The Labute approximate surface area is 187 Å². The fraction of sp³-hybridized carbons (Fsp3) is 0.381. The van der Waals surface area contributed by atoms with Crippen LogP contribution < -0.4 is 18.7 Å². The molecule has 1 saturated heterocycles. The minimum Gasteiger partial charge on any atom is -0.497 e. The summed E-state index contributed by atoms with van der Waals surface area (Å²) in [5.41, 5.74) is 1.29. The Kier molecular flexibility index (Phi) is 7.17. The fourth-order valence-corrected chi connectivity index (χ4v) is 4.52. The summed E-state index contributed by atoms with van der Waals surface area (Å²) >= 11 is 6.07. The molecule has 1 amide bonds. The van der Waals surface area contributed by atoms with Crippen LogP contribution >= 0.6 is 11.6 Å². The highest BCUT2D eigenvalue weighted by Gasteiger charge is 2.28. The maximum absolute atomic E-state index is 13.0. The Balaban J connectivity index is 1.73.